The first-order chi connectivity index (χ1) is 8.59. The maximum atomic E-state index is 12.2. The van der Waals surface area contributed by atoms with Crippen molar-refractivity contribution in [3.63, 3.8) is 0 Å². The molecule has 98 valence electrons. The zero-order valence-corrected chi connectivity index (χ0v) is 10.9. The first-order valence-electron chi connectivity index (χ1n) is 6.55. The lowest BCUT2D eigenvalue weighted by molar-refractivity contribution is -0.128. The monoisotopic (exact) mass is 247 g/mol. The highest BCUT2D eigenvalue weighted by atomic mass is 16.1. The maximum Gasteiger partial charge on any atom is 0.225 e. The van der Waals surface area contributed by atoms with Gasteiger partial charge in [0, 0.05) is 24.5 Å². The topological polar surface area (TPSA) is 68.0 Å². The average Bonchev–Trinajstić information content (AvgIpc) is 2.37. The number of amides is 1. The predicted octanol–water partition coefficient (Wildman–Crippen LogP) is 1.61. The molecule has 1 aliphatic rings. The van der Waals surface area contributed by atoms with Crippen molar-refractivity contribution in [3.05, 3.63) is 30.1 Å². The van der Waals surface area contributed by atoms with E-state index in [1.165, 1.54) is 0 Å². The van der Waals surface area contributed by atoms with E-state index in [-0.39, 0.29) is 17.4 Å². The van der Waals surface area contributed by atoms with Crippen LogP contribution in [0.25, 0.3) is 0 Å². The van der Waals surface area contributed by atoms with Gasteiger partial charge in [-0.25, -0.2) is 0 Å². The second-order valence-corrected chi connectivity index (χ2v) is 5.38. The van der Waals surface area contributed by atoms with Crippen LogP contribution in [0.3, 0.4) is 0 Å². The van der Waals surface area contributed by atoms with Crippen molar-refractivity contribution in [3.8, 4) is 0 Å². The molecule has 0 radical (unpaired) electrons. The minimum atomic E-state index is -0.361. The molecule has 0 aromatic carbocycles. The molecule has 2 rings (SSSR count). The van der Waals surface area contributed by atoms with Crippen LogP contribution in [0.1, 0.15) is 38.2 Å². The lowest BCUT2D eigenvalue weighted by Crippen LogP contribution is -2.52. The molecule has 1 aromatic heterocycles. The van der Waals surface area contributed by atoms with Crippen LogP contribution in [0, 0.1) is 5.92 Å². The summed E-state index contributed by atoms with van der Waals surface area (Å²) in [5, 5.41) is 2.98. The van der Waals surface area contributed by atoms with Gasteiger partial charge >= 0.3 is 0 Å². The first-order valence-corrected chi connectivity index (χ1v) is 6.55. The zero-order valence-electron chi connectivity index (χ0n) is 10.9. The molecule has 2 atom stereocenters. The minimum absolute atomic E-state index is 0.0620. The molecule has 4 heteroatoms. The summed E-state index contributed by atoms with van der Waals surface area (Å²) in [6, 6.07) is 3.81. The molecule has 0 bridgehead atoms. The van der Waals surface area contributed by atoms with Crippen LogP contribution in [-0.2, 0) is 11.3 Å². The lowest BCUT2D eigenvalue weighted by Gasteiger charge is -2.37. The van der Waals surface area contributed by atoms with Gasteiger partial charge in [-0.15, -0.1) is 0 Å². The van der Waals surface area contributed by atoms with Crippen molar-refractivity contribution in [1.82, 2.24) is 10.3 Å². The second kappa shape index (κ2) is 5.48. The summed E-state index contributed by atoms with van der Waals surface area (Å²) in [6.45, 7) is 2.54. The van der Waals surface area contributed by atoms with E-state index in [1.54, 1.807) is 12.4 Å². The Balaban J connectivity index is 1.91. The molecular formula is C14H21N3O. The van der Waals surface area contributed by atoms with Gasteiger partial charge in [-0.2, -0.15) is 0 Å². The van der Waals surface area contributed by atoms with Crippen LogP contribution in [0.5, 0.6) is 0 Å². The Hall–Kier alpha value is -1.42. The van der Waals surface area contributed by atoms with Gasteiger partial charge in [0.2, 0.25) is 5.91 Å². The van der Waals surface area contributed by atoms with E-state index < -0.39 is 0 Å². The third-order valence-electron chi connectivity index (χ3n) is 3.79. The number of pyridine rings is 1. The van der Waals surface area contributed by atoms with Gasteiger partial charge in [0.05, 0.1) is 5.92 Å². The molecule has 0 saturated heterocycles. The molecule has 18 heavy (non-hydrogen) atoms. The highest BCUT2D eigenvalue weighted by molar-refractivity contribution is 5.80. The fourth-order valence-electron chi connectivity index (χ4n) is 2.60. The Morgan fingerprint density at radius 3 is 2.89 bits per heavy atom. The van der Waals surface area contributed by atoms with Gasteiger partial charge in [0.1, 0.15) is 0 Å². The smallest absolute Gasteiger partial charge is 0.225 e. The number of hydrogen-bond donors (Lipinski definition) is 2. The van der Waals surface area contributed by atoms with Crippen LogP contribution in [0.15, 0.2) is 24.5 Å². The average molecular weight is 247 g/mol. The van der Waals surface area contributed by atoms with E-state index in [1.807, 2.05) is 19.1 Å². The predicted molar refractivity (Wildman–Crippen MR) is 70.6 cm³/mol. The third-order valence-corrected chi connectivity index (χ3v) is 3.79. The summed E-state index contributed by atoms with van der Waals surface area (Å²) in [7, 11) is 0. The van der Waals surface area contributed by atoms with E-state index in [4.69, 9.17) is 5.73 Å². The summed E-state index contributed by atoms with van der Waals surface area (Å²) in [5.41, 5.74) is 6.92. The van der Waals surface area contributed by atoms with Crippen molar-refractivity contribution < 1.29 is 4.79 Å². The molecule has 1 aliphatic carbocycles. The van der Waals surface area contributed by atoms with Crippen molar-refractivity contribution >= 4 is 5.91 Å². The van der Waals surface area contributed by atoms with Crippen molar-refractivity contribution in [2.24, 2.45) is 11.7 Å². The van der Waals surface area contributed by atoms with Crippen LogP contribution in [-0.4, -0.2) is 16.4 Å². The molecule has 1 amide bonds. The Labute approximate surface area is 108 Å². The lowest BCUT2D eigenvalue weighted by atomic mass is 9.74. The Bertz CT molecular complexity index is 403. The molecule has 1 fully saturated rings. The Morgan fingerprint density at radius 2 is 2.22 bits per heavy atom. The summed E-state index contributed by atoms with van der Waals surface area (Å²) in [5.74, 6) is 0.0181. The van der Waals surface area contributed by atoms with Crippen LogP contribution in [0.2, 0.25) is 0 Å². The number of rotatable bonds is 3. The zero-order chi connectivity index (χ0) is 13.0. The van der Waals surface area contributed by atoms with Crippen LogP contribution >= 0.6 is 0 Å². The largest absolute Gasteiger partial charge is 0.352 e. The SMILES string of the molecule is CC1(N)CCCCC1C(=O)NCc1ccncc1. The standard InChI is InChI=1S/C14H21N3O/c1-14(15)7-3-2-4-12(14)13(18)17-10-11-5-8-16-9-6-11/h5-6,8-9,12H,2-4,7,10,15H2,1H3,(H,17,18). The summed E-state index contributed by atoms with van der Waals surface area (Å²) in [4.78, 5) is 16.1. The highest BCUT2D eigenvalue weighted by Gasteiger charge is 2.37. The van der Waals surface area contributed by atoms with Crippen molar-refractivity contribution in [1.29, 1.82) is 0 Å². The van der Waals surface area contributed by atoms with Crippen molar-refractivity contribution in [2.75, 3.05) is 0 Å². The highest BCUT2D eigenvalue weighted by Crippen LogP contribution is 2.31. The maximum absolute atomic E-state index is 12.2. The first kappa shape index (κ1) is 13.0. The van der Waals surface area contributed by atoms with Gasteiger partial charge in [-0.3, -0.25) is 9.78 Å². The number of aromatic nitrogens is 1. The normalized spacial score (nSPS) is 27.8. The minimum Gasteiger partial charge on any atom is -0.352 e. The van der Waals surface area contributed by atoms with E-state index in [0.29, 0.717) is 6.54 Å². The van der Waals surface area contributed by atoms with Crippen molar-refractivity contribution in [2.45, 2.75) is 44.7 Å². The molecule has 1 aromatic rings. The molecule has 1 heterocycles. The fourth-order valence-corrected chi connectivity index (χ4v) is 2.60. The van der Waals surface area contributed by atoms with Crippen LogP contribution < -0.4 is 11.1 Å². The third kappa shape index (κ3) is 3.07. The molecule has 1 saturated carbocycles. The number of carbonyl (C=O) groups is 1. The molecule has 2 unspecified atom stereocenters. The van der Waals surface area contributed by atoms with E-state index in [2.05, 4.69) is 10.3 Å². The van der Waals surface area contributed by atoms with E-state index >= 15 is 0 Å². The molecule has 3 N–H and O–H groups in total. The summed E-state index contributed by atoms with van der Waals surface area (Å²) >= 11 is 0. The van der Waals surface area contributed by atoms with Crippen LogP contribution in [0.4, 0.5) is 0 Å². The number of carbonyl (C=O) groups excluding carboxylic acids is 1. The van der Waals surface area contributed by atoms with E-state index in [0.717, 1.165) is 31.2 Å². The second-order valence-electron chi connectivity index (χ2n) is 5.38. The quantitative estimate of drug-likeness (QED) is 0.852. The van der Waals surface area contributed by atoms with Gasteiger partial charge in [-0.05, 0) is 37.5 Å². The molecule has 0 aliphatic heterocycles. The van der Waals surface area contributed by atoms with Gasteiger partial charge in [-0.1, -0.05) is 12.8 Å². The van der Waals surface area contributed by atoms with Gasteiger partial charge < -0.3 is 11.1 Å². The Morgan fingerprint density at radius 1 is 1.50 bits per heavy atom. The summed E-state index contributed by atoms with van der Waals surface area (Å²) < 4.78 is 0. The number of nitrogens with zero attached hydrogens (tertiary/aromatic N) is 1. The van der Waals surface area contributed by atoms with Gasteiger partial charge in [0.15, 0.2) is 0 Å². The number of nitrogens with one attached hydrogen (secondary N) is 1. The molecule has 0 spiro atoms. The molecular weight excluding hydrogens is 226 g/mol. The Kier molecular flexibility index (Phi) is 3.97. The van der Waals surface area contributed by atoms with Gasteiger partial charge in [0.25, 0.3) is 0 Å². The number of hydrogen-bond acceptors (Lipinski definition) is 3. The molecule has 4 nitrogen and oxygen atoms in total. The number of nitrogens with two attached hydrogens (primary N) is 1. The summed E-state index contributed by atoms with van der Waals surface area (Å²) in [6.07, 6.45) is 7.51. The van der Waals surface area contributed by atoms with E-state index in [9.17, 15) is 4.79 Å². The fraction of sp³-hybridized carbons (Fsp3) is 0.571.